The van der Waals surface area contributed by atoms with Gasteiger partial charge in [0, 0.05) is 5.56 Å². The Morgan fingerprint density at radius 3 is 2.88 bits per heavy atom. The molecule has 0 spiro atoms. The second-order valence-corrected chi connectivity index (χ2v) is 5.29. The van der Waals surface area contributed by atoms with Gasteiger partial charge in [0.1, 0.15) is 23.9 Å². The normalized spacial score (nSPS) is 13.7. The molecule has 1 aromatic carbocycles. The number of thiazole rings is 1. The lowest BCUT2D eigenvalue weighted by Gasteiger charge is -2.20. The number of rotatable bonds is 1. The molecular weight excluding hydrogens is 304 g/mol. The third-order valence-electron chi connectivity index (χ3n) is 2.47. The van der Waals surface area contributed by atoms with Crippen LogP contribution in [0.4, 0.5) is 5.00 Å². The molecular formula is C11H9BrN2O2S. The third kappa shape index (κ3) is 1.87. The Bertz CT molecular complexity index is 571. The number of hydrogen-bond donors (Lipinski definition) is 1. The number of anilines is 1. The number of halogens is 1. The smallest absolute Gasteiger partial charge is 0.175 e. The molecule has 0 bridgehead atoms. The number of aromatic nitrogens is 1. The van der Waals surface area contributed by atoms with E-state index >= 15 is 0 Å². The highest BCUT2D eigenvalue weighted by molar-refractivity contribution is 9.10. The second-order valence-electron chi connectivity index (χ2n) is 3.55. The van der Waals surface area contributed by atoms with Crippen molar-refractivity contribution in [3.05, 3.63) is 22.1 Å². The first-order chi connectivity index (χ1) is 8.25. The van der Waals surface area contributed by atoms with Gasteiger partial charge in [-0.15, -0.1) is 11.3 Å². The molecule has 2 aromatic rings. The summed E-state index contributed by atoms with van der Waals surface area (Å²) in [4.78, 5) is 4.25. The number of benzene rings is 1. The van der Waals surface area contributed by atoms with Crippen molar-refractivity contribution >= 4 is 32.3 Å². The molecule has 0 atom stereocenters. The van der Waals surface area contributed by atoms with Crippen LogP contribution in [0.15, 0.2) is 22.1 Å². The average molecular weight is 313 g/mol. The molecule has 0 aliphatic carbocycles. The molecule has 6 heteroatoms. The number of nitrogens with zero attached hydrogens (tertiary/aromatic N) is 1. The molecule has 1 aliphatic heterocycles. The van der Waals surface area contributed by atoms with Crippen LogP contribution in [-0.2, 0) is 0 Å². The van der Waals surface area contributed by atoms with Crippen LogP contribution in [-0.4, -0.2) is 18.2 Å². The Balaban J connectivity index is 2.14. The van der Waals surface area contributed by atoms with Crippen LogP contribution in [0.3, 0.4) is 0 Å². The Hall–Kier alpha value is -1.27. The number of nitrogen functional groups attached to an aromatic ring is 1. The van der Waals surface area contributed by atoms with E-state index in [1.807, 2.05) is 12.1 Å². The topological polar surface area (TPSA) is 57.4 Å². The molecule has 0 saturated carbocycles. The Morgan fingerprint density at radius 2 is 2.12 bits per heavy atom. The fourth-order valence-electron chi connectivity index (χ4n) is 1.72. The van der Waals surface area contributed by atoms with Crippen molar-refractivity contribution in [1.82, 2.24) is 4.98 Å². The van der Waals surface area contributed by atoms with E-state index in [4.69, 9.17) is 15.2 Å². The monoisotopic (exact) mass is 312 g/mol. The highest BCUT2D eigenvalue weighted by Crippen LogP contribution is 2.42. The van der Waals surface area contributed by atoms with Crippen molar-refractivity contribution < 1.29 is 9.47 Å². The number of hydrogen-bond acceptors (Lipinski definition) is 5. The molecule has 0 unspecified atom stereocenters. The van der Waals surface area contributed by atoms with Gasteiger partial charge in [-0.3, -0.25) is 0 Å². The minimum atomic E-state index is 0.565. The van der Waals surface area contributed by atoms with Crippen molar-refractivity contribution in [3.63, 3.8) is 0 Å². The van der Waals surface area contributed by atoms with E-state index in [1.54, 1.807) is 5.51 Å². The van der Waals surface area contributed by atoms with E-state index in [1.165, 1.54) is 11.3 Å². The van der Waals surface area contributed by atoms with E-state index in [0.717, 1.165) is 27.2 Å². The summed E-state index contributed by atoms with van der Waals surface area (Å²) in [6.45, 7) is 1.14. The Kier molecular flexibility index (Phi) is 2.68. The maximum Gasteiger partial charge on any atom is 0.175 e. The summed E-state index contributed by atoms with van der Waals surface area (Å²) in [6.07, 6.45) is 0. The van der Waals surface area contributed by atoms with Gasteiger partial charge in [-0.2, -0.15) is 0 Å². The van der Waals surface area contributed by atoms with Gasteiger partial charge in [0.2, 0.25) is 0 Å². The van der Waals surface area contributed by atoms with Gasteiger partial charge in [0.15, 0.2) is 11.5 Å². The minimum absolute atomic E-state index is 0.565. The highest BCUT2D eigenvalue weighted by Gasteiger charge is 2.18. The molecule has 1 aromatic heterocycles. The SMILES string of the molecule is Nc1scnc1-c1cc(Br)c2c(c1)OCCO2. The van der Waals surface area contributed by atoms with E-state index in [0.29, 0.717) is 18.2 Å². The van der Waals surface area contributed by atoms with Crippen LogP contribution >= 0.6 is 27.3 Å². The Morgan fingerprint density at radius 1 is 1.29 bits per heavy atom. The molecule has 2 heterocycles. The zero-order valence-corrected chi connectivity index (χ0v) is 11.2. The molecule has 1 aliphatic rings. The van der Waals surface area contributed by atoms with E-state index in [2.05, 4.69) is 20.9 Å². The summed E-state index contributed by atoms with van der Waals surface area (Å²) >= 11 is 4.89. The van der Waals surface area contributed by atoms with Gasteiger partial charge in [-0.25, -0.2) is 4.98 Å². The largest absolute Gasteiger partial charge is 0.486 e. The van der Waals surface area contributed by atoms with Crippen LogP contribution in [0.1, 0.15) is 0 Å². The number of ether oxygens (including phenoxy) is 2. The summed E-state index contributed by atoms with van der Waals surface area (Å²) in [7, 11) is 0. The van der Waals surface area contributed by atoms with Crippen molar-refractivity contribution in [2.75, 3.05) is 18.9 Å². The first kappa shape index (κ1) is 10.9. The van der Waals surface area contributed by atoms with Gasteiger partial charge in [0.05, 0.1) is 9.98 Å². The molecule has 0 radical (unpaired) electrons. The highest BCUT2D eigenvalue weighted by atomic mass is 79.9. The third-order valence-corrected chi connectivity index (χ3v) is 3.71. The summed E-state index contributed by atoms with van der Waals surface area (Å²) in [6, 6.07) is 3.85. The van der Waals surface area contributed by atoms with Crippen molar-refractivity contribution in [3.8, 4) is 22.8 Å². The molecule has 0 fully saturated rings. The van der Waals surface area contributed by atoms with Crippen molar-refractivity contribution in [1.29, 1.82) is 0 Å². The zero-order chi connectivity index (χ0) is 11.8. The van der Waals surface area contributed by atoms with Crippen LogP contribution in [0.25, 0.3) is 11.3 Å². The van der Waals surface area contributed by atoms with Crippen LogP contribution in [0.5, 0.6) is 11.5 Å². The predicted octanol–water partition coefficient (Wildman–Crippen LogP) is 2.93. The summed E-state index contributed by atoms with van der Waals surface area (Å²) in [5.41, 5.74) is 9.31. The quantitative estimate of drug-likeness (QED) is 0.879. The summed E-state index contributed by atoms with van der Waals surface area (Å²) in [5.74, 6) is 1.47. The lowest BCUT2D eigenvalue weighted by Crippen LogP contribution is -2.15. The molecule has 3 rings (SSSR count). The summed E-state index contributed by atoms with van der Waals surface area (Å²) < 4.78 is 12.0. The lowest BCUT2D eigenvalue weighted by atomic mass is 10.1. The summed E-state index contributed by atoms with van der Waals surface area (Å²) in [5, 5.41) is 0.702. The first-order valence-corrected chi connectivity index (χ1v) is 6.71. The van der Waals surface area contributed by atoms with Gasteiger partial charge in [0.25, 0.3) is 0 Å². The second kappa shape index (κ2) is 4.19. The fourth-order valence-corrected chi connectivity index (χ4v) is 2.83. The van der Waals surface area contributed by atoms with Gasteiger partial charge < -0.3 is 15.2 Å². The molecule has 2 N–H and O–H groups in total. The minimum Gasteiger partial charge on any atom is -0.486 e. The van der Waals surface area contributed by atoms with Crippen molar-refractivity contribution in [2.24, 2.45) is 0 Å². The van der Waals surface area contributed by atoms with E-state index in [9.17, 15) is 0 Å². The average Bonchev–Trinajstić information content (AvgIpc) is 2.75. The van der Waals surface area contributed by atoms with Gasteiger partial charge in [-0.1, -0.05) is 0 Å². The van der Waals surface area contributed by atoms with Gasteiger partial charge in [-0.05, 0) is 28.1 Å². The molecule has 88 valence electrons. The maximum atomic E-state index is 5.87. The fraction of sp³-hybridized carbons (Fsp3) is 0.182. The number of fused-ring (bicyclic) bond motifs is 1. The lowest BCUT2D eigenvalue weighted by molar-refractivity contribution is 0.170. The predicted molar refractivity (Wildman–Crippen MR) is 70.7 cm³/mol. The molecule has 17 heavy (non-hydrogen) atoms. The number of nitrogens with two attached hydrogens (primary N) is 1. The van der Waals surface area contributed by atoms with Crippen LogP contribution in [0, 0.1) is 0 Å². The zero-order valence-electron chi connectivity index (χ0n) is 8.77. The van der Waals surface area contributed by atoms with E-state index in [-0.39, 0.29) is 0 Å². The molecule has 0 saturated heterocycles. The van der Waals surface area contributed by atoms with E-state index < -0.39 is 0 Å². The molecule has 4 nitrogen and oxygen atoms in total. The van der Waals surface area contributed by atoms with Crippen molar-refractivity contribution in [2.45, 2.75) is 0 Å². The first-order valence-electron chi connectivity index (χ1n) is 5.04. The standard InChI is InChI=1S/C11H9BrN2O2S/c12-7-3-6(9-11(13)17-5-14-9)4-8-10(7)16-2-1-15-8/h3-5H,1-2,13H2. The maximum absolute atomic E-state index is 5.87. The van der Waals surface area contributed by atoms with Gasteiger partial charge >= 0.3 is 0 Å². The van der Waals surface area contributed by atoms with Crippen LogP contribution in [0.2, 0.25) is 0 Å². The van der Waals surface area contributed by atoms with Crippen LogP contribution < -0.4 is 15.2 Å². The Labute approximate surface area is 111 Å². The molecule has 0 amide bonds.